The number of hydrogen-bond donors (Lipinski definition) is 0. The zero-order valence-corrected chi connectivity index (χ0v) is 11.7. The topological polar surface area (TPSA) is 46.6 Å². The fourth-order valence-electron chi connectivity index (χ4n) is 2.42. The molecule has 0 aromatic rings. The zero-order valence-electron chi connectivity index (χ0n) is 11.7. The summed E-state index contributed by atoms with van der Waals surface area (Å²) in [4.78, 5) is 24.8. The van der Waals surface area contributed by atoms with E-state index >= 15 is 0 Å². The van der Waals surface area contributed by atoms with Crippen LogP contribution >= 0.6 is 0 Å². The number of carbonyl (C=O) groups is 2. The minimum atomic E-state index is -0.507. The van der Waals surface area contributed by atoms with E-state index < -0.39 is 11.0 Å². The van der Waals surface area contributed by atoms with Gasteiger partial charge in [-0.3, -0.25) is 0 Å². The Morgan fingerprint density at radius 2 is 1.82 bits per heavy atom. The van der Waals surface area contributed by atoms with Crippen molar-refractivity contribution < 1.29 is 14.3 Å². The molecule has 1 heterocycles. The highest BCUT2D eigenvalue weighted by Crippen LogP contribution is 2.40. The summed E-state index contributed by atoms with van der Waals surface area (Å²) >= 11 is 0. The van der Waals surface area contributed by atoms with Crippen LogP contribution in [0.4, 0.5) is 4.79 Å². The molecule has 0 aromatic carbocycles. The summed E-state index contributed by atoms with van der Waals surface area (Å²) in [6.45, 7) is 11.8. The van der Waals surface area contributed by atoms with E-state index in [0.29, 0.717) is 13.0 Å². The van der Waals surface area contributed by atoms with E-state index in [2.05, 4.69) is 0 Å². The second-order valence-corrected chi connectivity index (χ2v) is 6.83. The summed E-state index contributed by atoms with van der Waals surface area (Å²) < 4.78 is 5.37. The molecule has 98 valence electrons. The van der Waals surface area contributed by atoms with Gasteiger partial charge < -0.3 is 14.4 Å². The highest BCUT2D eigenvalue weighted by Gasteiger charge is 2.48. The predicted molar refractivity (Wildman–Crippen MR) is 65.8 cm³/mol. The first-order chi connectivity index (χ1) is 7.49. The molecule has 0 aliphatic carbocycles. The van der Waals surface area contributed by atoms with Crippen LogP contribution in [-0.2, 0) is 9.53 Å². The van der Waals surface area contributed by atoms with E-state index in [1.165, 1.54) is 0 Å². The molecule has 0 bridgehead atoms. The van der Waals surface area contributed by atoms with Gasteiger partial charge in [-0.05, 0) is 41.0 Å². The second-order valence-electron chi connectivity index (χ2n) is 6.83. The van der Waals surface area contributed by atoms with Crippen molar-refractivity contribution >= 4 is 12.4 Å². The van der Waals surface area contributed by atoms with Gasteiger partial charge in [0.15, 0.2) is 0 Å². The van der Waals surface area contributed by atoms with Crippen molar-refractivity contribution in [2.75, 3.05) is 6.54 Å². The third-order valence-corrected chi connectivity index (χ3v) is 2.98. The van der Waals surface area contributed by atoms with Gasteiger partial charge in [-0.25, -0.2) is 4.79 Å². The highest BCUT2D eigenvalue weighted by atomic mass is 16.6. The number of hydrogen-bond acceptors (Lipinski definition) is 3. The van der Waals surface area contributed by atoms with Crippen LogP contribution in [0.1, 0.15) is 48.0 Å². The standard InChI is InChI=1S/C13H23NO3/c1-11(2,3)17-10(16)14-8-13(6,9-15)7-12(14,4)5/h9H,7-8H2,1-6H3. The fourth-order valence-corrected chi connectivity index (χ4v) is 2.42. The first kappa shape index (κ1) is 14.0. The fraction of sp³-hybridized carbons (Fsp3) is 0.846. The lowest BCUT2D eigenvalue weighted by Gasteiger charge is -2.33. The van der Waals surface area contributed by atoms with Crippen LogP contribution in [0.15, 0.2) is 0 Å². The summed E-state index contributed by atoms with van der Waals surface area (Å²) in [7, 11) is 0. The molecule has 0 spiro atoms. The lowest BCUT2D eigenvalue weighted by Crippen LogP contribution is -2.45. The van der Waals surface area contributed by atoms with Gasteiger partial charge in [-0.15, -0.1) is 0 Å². The molecule has 1 amide bonds. The van der Waals surface area contributed by atoms with Crippen LogP contribution in [0, 0.1) is 5.41 Å². The highest BCUT2D eigenvalue weighted by molar-refractivity contribution is 5.72. The number of nitrogens with zero attached hydrogens (tertiary/aromatic N) is 1. The molecule has 1 rings (SSSR count). The molecule has 1 aliphatic rings. The van der Waals surface area contributed by atoms with Gasteiger partial charge >= 0.3 is 6.09 Å². The first-order valence-corrected chi connectivity index (χ1v) is 5.96. The van der Waals surface area contributed by atoms with Crippen LogP contribution in [0.3, 0.4) is 0 Å². The SMILES string of the molecule is CC1(C=O)CN(C(=O)OC(C)(C)C)C(C)(C)C1. The predicted octanol–water partition coefficient (Wildman–Crippen LogP) is 2.61. The van der Waals surface area contributed by atoms with Crippen LogP contribution in [0.5, 0.6) is 0 Å². The summed E-state index contributed by atoms with van der Waals surface area (Å²) in [5, 5.41) is 0. The van der Waals surface area contributed by atoms with Gasteiger partial charge in [0.1, 0.15) is 11.9 Å². The maximum Gasteiger partial charge on any atom is 0.410 e. The molecule has 1 aliphatic heterocycles. The minimum Gasteiger partial charge on any atom is -0.444 e. The number of rotatable bonds is 1. The van der Waals surface area contributed by atoms with E-state index in [-0.39, 0.29) is 11.6 Å². The van der Waals surface area contributed by atoms with Gasteiger partial charge in [0, 0.05) is 17.5 Å². The van der Waals surface area contributed by atoms with Gasteiger partial charge in [0.2, 0.25) is 0 Å². The van der Waals surface area contributed by atoms with E-state index in [4.69, 9.17) is 4.74 Å². The second kappa shape index (κ2) is 4.00. The van der Waals surface area contributed by atoms with Crippen LogP contribution in [0.2, 0.25) is 0 Å². The normalized spacial score (nSPS) is 28.0. The summed E-state index contributed by atoms with van der Waals surface area (Å²) in [6.07, 6.45) is 1.27. The molecule has 4 nitrogen and oxygen atoms in total. The number of ether oxygens (including phenoxy) is 1. The molecule has 0 radical (unpaired) electrons. The zero-order chi connectivity index (χ0) is 13.5. The van der Waals surface area contributed by atoms with Crippen molar-refractivity contribution in [2.45, 2.75) is 59.1 Å². The van der Waals surface area contributed by atoms with Crippen LogP contribution in [0.25, 0.3) is 0 Å². The molecule has 0 N–H and O–H groups in total. The Kier molecular flexibility index (Phi) is 3.29. The van der Waals surface area contributed by atoms with Gasteiger partial charge in [-0.2, -0.15) is 0 Å². The Morgan fingerprint density at radius 3 is 2.18 bits per heavy atom. The molecule has 17 heavy (non-hydrogen) atoms. The Bertz CT molecular complexity index is 330. The Balaban J connectivity index is 2.85. The van der Waals surface area contributed by atoms with Crippen molar-refractivity contribution in [1.82, 2.24) is 4.90 Å². The monoisotopic (exact) mass is 241 g/mol. The Morgan fingerprint density at radius 1 is 1.29 bits per heavy atom. The molecule has 0 aromatic heterocycles. The summed E-state index contributed by atoms with van der Waals surface area (Å²) in [5.41, 5.74) is -1.30. The third kappa shape index (κ3) is 3.20. The van der Waals surface area contributed by atoms with E-state index in [0.717, 1.165) is 6.29 Å². The molecule has 0 saturated carbocycles. The molecule has 1 atom stereocenters. The van der Waals surface area contributed by atoms with E-state index in [1.807, 2.05) is 41.5 Å². The Labute approximate surface area is 103 Å². The number of likely N-dealkylation sites (tertiary alicyclic amines) is 1. The lowest BCUT2D eigenvalue weighted by atomic mass is 9.85. The minimum absolute atomic E-state index is 0.335. The maximum atomic E-state index is 12.1. The molecular weight excluding hydrogens is 218 g/mol. The van der Waals surface area contributed by atoms with Crippen molar-refractivity contribution in [3.8, 4) is 0 Å². The Hall–Kier alpha value is -1.06. The van der Waals surface area contributed by atoms with Crippen molar-refractivity contribution in [3.05, 3.63) is 0 Å². The number of aldehydes is 1. The van der Waals surface area contributed by atoms with E-state index in [1.54, 1.807) is 4.90 Å². The third-order valence-electron chi connectivity index (χ3n) is 2.98. The molecule has 1 fully saturated rings. The van der Waals surface area contributed by atoms with Gasteiger partial charge in [0.05, 0.1) is 0 Å². The van der Waals surface area contributed by atoms with Gasteiger partial charge in [-0.1, -0.05) is 6.92 Å². The number of carbonyl (C=O) groups excluding carboxylic acids is 2. The van der Waals surface area contributed by atoms with Gasteiger partial charge in [0.25, 0.3) is 0 Å². The average molecular weight is 241 g/mol. The smallest absolute Gasteiger partial charge is 0.410 e. The molecular formula is C13H23NO3. The summed E-state index contributed by atoms with van der Waals surface area (Å²) in [6, 6.07) is 0. The largest absolute Gasteiger partial charge is 0.444 e. The first-order valence-electron chi connectivity index (χ1n) is 5.96. The lowest BCUT2D eigenvalue weighted by molar-refractivity contribution is -0.114. The summed E-state index contributed by atoms with van der Waals surface area (Å²) in [5.74, 6) is 0. The average Bonchev–Trinajstić information content (AvgIpc) is 2.34. The molecule has 1 saturated heterocycles. The van der Waals surface area contributed by atoms with E-state index in [9.17, 15) is 9.59 Å². The maximum absolute atomic E-state index is 12.1. The quantitative estimate of drug-likeness (QED) is 0.663. The van der Waals surface area contributed by atoms with Crippen molar-refractivity contribution in [2.24, 2.45) is 5.41 Å². The van der Waals surface area contributed by atoms with Crippen molar-refractivity contribution in [3.63, 3.8) is 0 Å². The van der Waals surface area contributed by atoms with Crippen LogP contribution < -0.4 is 0 Å². The van der Waals surface area contributed by atoms with Crippen molar-refractivity contribution in [1.29, 1.82) is 0 Å². The van der Waals surface area contributed by atoms with Crippen LogP contribution in [-0.4, -0.2) is 35.0 Å². The molecule has 4 heteroatoms. The molecule has 1 unspecified atom stereocenters. The number of amides is 1.